The van der Waals surface area contributed by atoms with Crippen molar-refractivity contribution in [2.24, 2.45) is 0 Å². The molecule has 0 aliphatic rings. The number of nitrogens with one attached hydrogen (secondary N) is 1. The van der Waals surface area contributed by atoms with Crippen LogP contribution in [-0.4, -0.2) is 22.5 Å². The molecule has 0 aliphatic carbocycles. The van der Waals surface area contributed by atoms with Crippen LogP contribution in [0.5, 0.6) is 5.75 Å². The Labute approximate surface area is 125 Å². The zero-order valence-electron chi connectivity index (χ0n) is 10.8. The molecule has 5 nitrogen and oxygen atoms in total. The lowest BCUT2D eigenvalue weighted by Gasteiger charge is -2.06. The Morgan fingerprint density at radius 3 is 2.60 bits per heavy atom. The zero-order chi connectivity index (χ0) is 14.2. The molecule has 0 aliphatic heterocycles. The lowest BCUT2D eigenvalue weighted by molar-refractivity contribution is -0.116. The predicted octanol–water partition coefficient (Wildman–Crippen LogP) is 3.04. The molecule has 2 aromatic rings. The summed E-state index contributed by atoms with van der Waals surface area (Å²) in [5.74, 6) is 0.996. The summed E-state index contributed by atoms with van der Waals surface area (Å²) in [6, 6.07) is 9.52. The van der Waals surface area contributed by atoms with Gasteiger partial charge in [0.2, 0.25) is 11.9 Å². The van der Waals surface area contributed by atoms with Crippen molar-refractivity contribution in [1.29, 1.82) is 0 Å². The first-order chi connectivity index (χ1) is 9.74. The van der Waals surface area contributed by atoms with E-state index in [1.807, 2.05) is 30.3 Å². The fourth-order valence-corrected chi connectivity index (χ4v) is 1.71. The number of hydrogen-bond acceptors (Lipinski definition) is 4. The van der Waals surface area contributed by atoms with Gasteiger partial charge in [0.25, 0.3) is 0 Å². The molecule has 20 heavy (non-hydrogen) atoms. The van der Waals surface area contributed by atoms with Crippen molar-refractivity contribution in [3.05, 3.63) is 47.2 Å². The predicted molar refractivity (Wildman–Crippen MR) is 79.5 cm³/mol. The van der Waals surface area contributed by atoms with Crippen LogP contribution >= 0.6 is 15.9 Å². The van der Waals surface area contributed by atoms with Crippen molar-refractivity contribution in [3.8, 4) is 5.75 Å². The number of halogens is 1. The van der Waals surface area contributed by atoms with Crippen molar-refractivity contribution in [3.63, 3.8) is 0 Å². The average Bonchev–Trinajstić information content (AvgIpc) is 2.47. The molecule has 0 bridgehead atoms. The van der Waals surface area contributed by atoms with Crippen molar-refractivity contribution in [2.45, 2.75) is 12.8 Å². The van der Waals surface area contributed by atoms with E-state index in [0.717, 1.165) is 10.2 Å². The Morgan fingerprint density at radius 2 is 1.90 bits per heavy atom. The maximum atomic E-state index is 11.7. The normalized spacial score (nSPS) is 10.1. The maximum Gasteiger partial charge on any atom is 0.229 e. The number of para-hydroxylation sites is 1. The van der Waals surface area contributed by atoms with E-state index in [1.54, 1.807) is 12.4 Å². The van der Waals surface area contributed by atoms with Gasteiger partial charge in [0.05, 0.1) is 11.1 Å². The maximum absolute atomic E-state index is 11.7. The van der Waals surface area contributed by atoms with Crippen LogP contribution in [-0.2, 0) is 4.79 Å². The first kappa shape index (κ1) is 14.5. The van der Waals surface area contributed by atoms with Crippen LogP contribution in [0.2, 0.25) is 0 Å². The summed E-state index contributed by atoms with van der Waals surface area (Å²) in [7, 11) is 0. The van der Waals surface area contributed by atoms with Crippen LogP contribution in [0.15, 0.2) is 47.2 Å². The second-order valence-corrected chi connectivity index (χ2v) is 4.95. The SMILES string of the molecule is O=C(CCCOc1ccccc1)Nc1ncc(Br)cn1. The van der Waals surface area contributed by atoms with Crippen LogP contribution in [0, 0.1) is 0 Å². The number of carbonyl (C=O) groups excluding carboxylic acids is 1. The first-order valence-corrected chi connectivity index (χ1v) is 6.98. The summed E-state index contributed by atoms with van der Waals surface area (Å²) in [6.07, 6.45) is 4.17. The van der Waals surface area contributed by atoms with E-state index < -0.39 is 0 Å². The highest BCUT2D eigenvalue weighted by Gasteiger charge is 2.04. The van der Waals surface area contributed by atoms with Gasteiger partial charge >= 0.3 is 0 Å². The molecule has 0 saturated carbocycles. The highest BCUT2D eigenvalue weighted by molar-refractivity contribution is 9.10. The highest BCUT2D eigenvalue weighted by Crippen LogP contribution is 2.09. The summed E-state index contributed by atoms with van der Waals surface area (Å²) < 4.78 is 6.28. The molecule has 2 rings (SSSR count). The number of hydrogen-bond donors (Lipinski definition) is 1. The summed E-state index contributed by atoms with van der Waals surface area (Å²) in [6.45, 7) is 0.499. The van der Waals surface area contributed by atoms with Gasteiger partial charge in [0, 0.05) is 18.8 Å². The van der Waals surface area contributed by atoms with E-state index in [1.165, 1.54) is 0 Å². The number of carbonyl (C=O) groups is 1. The summed E-state index contributed by atoms with van der Waals surface area (Å²) in [5, 5.41) is 2.63. The monoisotopic (exact) mass is 335 g/mol. The first-order valence-electron chi connectivity index (χ1n) is 6.19. The summed E-state index contributed by atoms with van der Waals surface area (Å²) in [4.78, 5) is 19.6. The molecule has 1 heterocycles. The second kappa shape index (κ2) is 7.59. The number of ether oxygens (including phenoxy) is 1. The Bertz CT molecular complexity index is 546. The Balaban J connectivity index is 1.66. The van der Waals surface area contributed by atoms with Gasteiger partial charge in [-0.2, -0.15) is 0 Å². The Morgan fingerprint density at radius 1 is 1.20 bits per heavy atom. The van der Waals surface area contributed by atoms with E-state index in [4.69, 9.17) is 4.74 Å². The number of rotatable bonds is 6. The molecule has 0 unspecified atom stereocenters. The van der Waals surface area contributed by atoms with Crippen LogP contribution < -0.4 is 10.1 Å². The van der Waals surface area contributed by atoms with Crippen molar-refractivity contribution >= 4 is 27.8 Å². The minimum absolute atomic E-state index is 0.121. The lowest BCUT2D eigenvalue weighted by atomic mass is 10.3. The molecule has 6 heteroatoms. The van der Waals surface area contributed by atoms with Gasteiger partial charge in [0.1, 0.15) is 5.75 Å². The van der Waals surface area contributed by atoms with Crippen LogP contribution in [0.1, 0.15) is 12.8 Å². The molecule has 104 valence electrons. The van der Waals surface area contributed by atoms with Gasteiger partial charge in [-0.25, -0.2) is 9.97 Å². The fraction of sp³-hybridized carbons (Fsp3) is 0.214. The highest BCUT2D eigenvalue weighted by atomic mass is 79.9. The van der Waals surface area contributed by atoms with Crippen LogP contribution in [0.4, 0.5) is 5.95 Å². The molecule has 1 aromatic carbocycles. The third-order valence-electron chi connectivity index (χ3n) is 2.43. The molecule has 0 atom stereocenters. The molecule has 1 aromatic heterocycles. The largest absolute Gasteiger partial charge is 0.494 e. The minimum atomic E-state index is -0.121. The lowest BCUT2D eigenvalue weighted by Crippen LogP contribution is -2.14. The van der Waals surface area contributed by atoms with Crippen molar-refractivity contribution < 1.29 is 9.53 Å². The number of nitrogens with zero attached hydrogens (tertiary/aromatic N) is 2. The molecule has 1 amide bonds. The molecule has 1 N–H and O–H groups in total. The van der Waals surface area contributed by atoms with Gasteiger partial charge in [0.15, 0.2) is 0 Å². The number of amides is 1. The Kier molecular flexibility index (Phi) is 5.49. The summed E-state index contributed by atoms with van der Waals surface area (Å²) in [5.41, 5.74) is 0. The van der Waals surface area contributed by atoms with Gasteiger partial charge in [-0.15, -0.1) is 0 Å². The average molecular weight is 336 g/mol. The van der Waals surface area contributed by atoms with E-state index in [9.17, 15) is 4.79 Å². The molecule has 0 saturated heterocycles. The fourth-order valence-electron chi connectivity index (χ4n) is 1.50. The molecular formula is C14H14BrN3O2. The van der Waals surface area contributed by atoms with E-state index >= 15 is 0 Å². The minimum Gasteiger partial charge on any atom is -0.494 e. The molecule has 0 fully saturated rings. The quantitative estimate of drug-likeness (QED) is 0.824. The molecular weight excluding hydrogens is 322 g/mol. The zero-order valence-corrected chi connectivity index (χ0v) is 12.3. The third kappa shape index (κ3) is 4.97. The van der Waals surface area contributed by atoms with Crippen molar-refractivity contribution in [1.82, 2.24) is 9.97 Å². The molecule has 0 spiro atoms. The number of anilines is 1. The van der Waals surface area contributed by atoms with Gasteiger partial charge in [-0.3, -0.25) is 10.1 Å². The van der Waals surface area contributed by atoms with Gasteiger partial charge in [-0.1, -0.05) is 18.2 Å². The number of aromatic nitrogens is 2. The smallest absolute Gasteiger partial charge is 0.229 e. The van der Waals surface area contributed by atoms with E-state index in [0.29, 0.717) is 25.4 Å². The topological polar surface area (TPSA) is 64.1 Å². The van der Waals surface area contributed by atoms with E-state index in [-0.39, 0.29) is 5.91 Å². The molecule has 0 radical (unpaired) electrons. The standard InChI is InChI=1S/C14H14BrN3O2/c15-11-9-16-14(17-10-11)18-13(19)7-4-8-20-12-5-2-1-3-6-12/h1-3,5-6,9-10H,4,7-8H2,(H,16,17,18,19). The van der Waals surface area contributed by atoms with Crippen molar-refractivity contribution in [2.75, 3.05) is 11.9 Å². The van der Waals surface area contributed by atoms with Gasteiger partial charge < -0.3 is 4.74 Å². The summed E-state index contributed by atoms with van der Waals surface area (Å²) >= 11 is 3.23. The van der Waals surface area contributed by atoms with E-state index in [2.05, 4.69) is 31.2 Å². The number of benzene rings is 1. The third-order valence-corrected chi connectivity index (χ3v) is 2.84. The van der Waals surface area contributed by atoms with Crippen LogP contribution in [0.3, 0.4) is 0 Å². The van der Waals surface area contributed by atoms with Crippen LogP contribution in [0.25, 0.3) is 0 Å². The Hall–Kier alpha value is -1.95. The second-order valence-electron chi connectivity index (χ2n) is 4.04. The van der Waals surface area contributed by atoms with Gasteiger partial charge in [-0.05, 0) is 34.5 Å².